The van der Waals surface area contributed by atoms with Gasteiger partial charge in [0.25, 0.3) is 0 Å². The Bertz CT molecular complexity index is 734. The van der Waals surface area contributed by atoms with Gasteiger partial charge >= 0.3 is 11.7 Å². The van der Waals surface area contributed by atoms with E-state index in [2.05, 4.69) is 5.32 Å². The molecule has 2 aliphatic heterocycles. The van der Waals surface area contributed by atoms with E-state index in [1.54, 1.807) is 12.2 Å². The Labute approximate surface area is 128 Å². The number of ether oxygens (including phenoxy) is 1. The summed E-state index contributed by atoms with van der Waals surface area (Å²) in [4.78, 5) is 33.4. The maximum atomic E-state index is 13.3. The summed E-state index contributed by atoms with van der Waals surface area (Å²) in [6.45, 7) is 0. The molecule has 1 amide bonds. The number of carbonyl (C=O) groups excluding carboxylic acids is 1. The van der Waals surface area contributed by atoms with Crippen molar-refractivity contribution in [1.29, 1.82) is 0 Å². The van der Waals surface area contributed by atoms with Crippen molar-refractivity contribution in [2.45, 2.75) is 12.2 Å². The zero-order valence-electron chi connectivity index (χ0n) is 11.5. The number of halogens is 1. The number of nitrogens with one attached hydrogen (secondary N) is 1. The van der Waals surface area contributed by atoms with Crippen LogP contribution in [0.5, 0.6) is 0 Å². The number of carboxylic acids is 1. The van der Waals surface area contributed by atoms with Crippen molar-refractivity contribution in [2.75, 3.05) is 5.32 Å². The lowest BCUT2D eigenvalue weighted by molar-refractivity contribution is -0.387. The number of anilines is 1. The van der Waals surface area contributed by atoms with E-state index in [0.717, 1.165) is 12.1 Å². The summed E-state index contributed by atoms with van der Waals surface area (Å²) in [5.74, 6) is -4.81. The number of fused-ring (bicyclic) bond motifs is 2. The number of carboxylic acid groups (broad SMARTS) is 1. The van der Waals surface area contributed by atoms with Crippen molar-refractivity contribution in [2.24, 2.45) is 11.8 Å². The molecule has 1 saturated heterocycles. The second kappa shape index (κ2) is 5.43. The lowest BCUT2D eigenvalue weighted by atomic mass is 9.82. The van der Waals surface area contributed by atoms with Gasteiger partial charge < -0.3 is 15.2 Å². The zero-order chi connectivity index (χ0) is 16.7. The number of carbonyl (C=O) groups is 2. The van der Waals surface area contributed by atoms with Crippen molar-refractivity contribution in [1.82, 2.24) is 0 Å². The van der Waals surface area contributed by atoms with Gasteiger partial charge in [-0.1, -0.05) is 12.2 Å². The molecule has 3 rings (SSSR count). The molecule has 2 aliphatic rings. The highest BCUT2D eigenvalue weighted by molar-refractivity contribution is 5.96. The van der Waals surface area contributed by atoms with Crippen LogP contribution in [0, 0.1) is 27.8 Å². The van der Waals surface area contributed by atoms with Crippen molar-refractivity contribution < 1.29 is 28.7 Å². The van der Waals surface area contributed by atoms with E-state index in [1.807, 2.05) is 0 Å². The molecule has 8 nitrogen and oxygen atoms in total. The maximum absolute atomic E-state index is 13.3. The minimum Gasteiger partial charge on any atom is -0.481 e. The van der Waals surface area contributed by atoms with Crippen molar-refractivity contribution in [3.05, 3.63) is 46.3 Å². The molecule has 120 valence electrons. The predicted octanol–water partition coefficient (Wildman–Crippen LogP) is 1.33. The van der Waals surface area contributed by atoms with Gasteiger partial charge in [0.15, 0.2) is 0 Å². The fraction of sp³-hybridized carbons (Fsp3) is 0.286. The molecule has 1 aromatic rings. The van der Waals surface area contributed by atoms with Crippen LogP contribution in [0.1, 0.15) is 0 Å². The highest BCUT2D eigenvalue weighted by atomic mass is 19.1. The quantitative estimate of drug-likeness (QED) is 0.490. The topological polar surface area (TPSA) is 119 Å². The molecule has 23 heavy (non-hydrogen) atoms. The summed E-state index contributed by atoms with van der Waals surface area (Å²) >= 11 is 0. The van der Waals surface area contributed by atoms with E-state index in [4.69, 9.17) is 4.74 Å². The van der Waals surface area contributed by atoms with Crippen molar-refractivity contribution >= 4 is 23.3 Å². The highest BCUT2D eigenvalue weighted by Crippen LogP contribution is 2.40. The van der Waals surface area contributed by atoms with Gasteiger partial charge in [0, 0.05) is 11.8 Å². The molecule has 0 radical (unpaired) electrons. The van der Waals surface area contributed by atoms with Gasteiger partial charge in [0.2, 0.25) is 11.7 Å². The van der Waals surface area contributed by atoms with Gasteiger partial charge in [-0.2, -0.15) is 4.39 Å². The Kier molecular flexibility index (Phi) is 3.57. The molecule has 9 heteroatoms. The SMILES string of the molecule is O=C(O)[C@@H]1[C@@H](C(=O)Nc2ccc(F)c([N+](=O)[O-])c2)[C@@H]2C=C[C@@H]1O2. The third-order valence-electron chi connectivity index (χ3n) is 3.90. The largest absolute Gasteiger partial charge is 0.481 e. The molecular formula is C14H11FN2O6. The minimum absolute atomic E-state index is 0.0130. The van der Waals surface area contributed by atoms with Crippen LogP contribution in [0.2, 0.25) is 0 Å². The molecular weight excluding hydrogens is 311 g/mol. The summed E-state index contributed by atoms with van der Waals surface area (Å²) < 4.78 is 18.7. The number of amides is 1. The van der Waals surface area contributed by atoms with Gasteiger partial charge in [0.05, 0.1) is 23.0 Å². The van der Waals surface area contributed by atoms with Crippen LogP contribution in [-0.4, -0.2) is 34.1 Å². The van der Waals surface area contributed by atoms with Crippen LogP contribution in [0.25, 0.3) is 0 Å². The molecule has 2 N–H and O–H groups in total. The Morgan fingerprint density at radius 1 is 1.26 bits per heavy atom. The van der Waals surface area contributed by atoms with Crippen LogP contribution in [0.3, 0.4) is 0 Å². The normalized spacial score (nSPS) is 27.9. The Balaban J connectivity index is 1.82. The van der Waals surface area contributed by atoms with Crippen molar-refractivity contribution in [3.8, 4) is 0 Å². The van der Waals surface area contributed by atoms with Gasteiger partial charge in [-0.25, -0.2) is 0 Å². The Morgan fingerprint density at radius 2 is 1.91 bits per heavy atom. The molecule has 0 spiro atoms. The van der Waals surface area contributed by atoms with Gasteiger partial charge in [-0.05, 0) is 12.1 Å². The number of rotatable bonds is 4. The molecule has 4 atom stereocenters. The van der Waals surface area contributed by atoms with Crippen molar-refractivity contribution in [3.63, 3.8) is 0 Å². The van der Waals surface area contributed by atoms with E-state index in [-0.39, 0.29) is 5.69 Å². The van der Waals surface area contributed by atoms with Crippen LogP contribution in [0.4, 0.5) is 15.8 Å². The smallest absolute Gasteiger partial charge is 0.310 e. The number of nitro benzene ring substituents is 1. The monoisotopic (exact) mass is 322 g/mol. The zero-order valence-corrected chi connectivity index (χ0v) is 11.5. The molecule has 2 bridgehead atoms. The number of hydrogen-bond donors (Lipinski definition) is 2. The van der Waals surface area contributed by atoms with E-state index < -0.39 is 52.3 Å². The summed E-state index contributed by atoms with van der Waals surface area (Å²) in [5, 5.41) is 22.3. The summed E-state index contributed by atoms with van der Waals surface area (Å²) in [5.41, 5.74) is -0.763. The first-order valence-corrected chi connectivity index (χ1v) is 6.70. The Morgan fingerprint density at radius 3 is 2.52 bits per heavy atom. The first-order valence-electron chi connectivity index (χ1n) is 6.70. The number of nitro groups is 1. The third-order valence-corrected chi connectivity index (χ3v) is 3.90. The van der Waals surface area contributed by atoms with Gasteiger partial charge in [0.1, 0.15) is 5.92 Å². The predicted molar refractivity (Wildman–Crippen MR) is 74.1 cm³/mol. The minimum atomic E-state index is -1.16. The number of nitrogens with zero attached hydrogens (tertiary/aromatic N) is 1. The standard InChI is InChI=1S/C14H11FN2O6/c15-7-2-1-6(5-8(7)17(21)22)16-13(18)11-9-3-4-10(23-9)12(11)14(19)20/h1-5,9-12H,(H,16,18)(H,19,20)/t9-,10-,11-,12-/m0/s1. The van der Waals surface area contributed by atoms with Crippen LogP contribution in [0.15, 0.2) is 30.4 Å². The fourth-order valence-electron chi connectivity index (χ4n) is 2.87. The highest BCUT2D eigenvalue weighted by Gasteiger charge is 2.53. The Hall–Kier alpha value is -2.81. The average Bonchev–Trinajstić information content (AvgIpc) is 3.09. The average molecular weight is 322 g/mol. The third kappa shape index (κ3) is 2.55. The van der Waals surface area contributed by atoms with E-state index >= 15 is 0 Å². The molecule has 0 unspecified atom stereocenters. The second-order valence-corrected chi connectivity index (χ2v) is 5.25. The summed E-state index contributed by atoms with van der Waals surface area (Å²) in [6, 6.07) is 2.91. The van der Waals surface area contributed by atoms with E-state index in [1.165, 1.54) is 6.07 Å². The van der Waals surface area contributed by atoms with E-state index in [9.17, 15) is 29.2 Å². The molecule has 0 aromatic heterocycles. The lowest BCUT2D eigenvalue weighted by Crippen LogP contribution is -2.39. The molecule has 1 aromatic carbocycles. The van der Waals surface area contributed by atoms with Crippen LogP contribution >= 0.6 is 0 Å². The van der Waals surface area contributed by atoms with Crippen LogP contribution < -0.4 is 5.32 Å². The van der Waals surface area contributed by atoms with E-state index in [0.29, 0.717) is 0 Å². The number of aliphatic carboxylic acids is 1. The first-order chi connectivity index (χ1) is 10.9. The number of hydrogen-bond acceptors (Lipinski definition) is 5. The maximum Gasteiger partial charge on any atom is 0.310 e. The van der Waals surface area contributed by atoms with Gasteiger partial charge in [-0.15, -0.1) is 0 Å². The van der Waals surface area contributed by atoms with Crippen LogP contribution in [-0.2, 0) is 14.3 Å². The summed E-state index contributed by atoms with van der Waals surface area (Å²) in [7, 11) is 0. The number of benzene rings is 1. The molecule has 1 fully saturated rings. The first kappa shape index (κ1) is 15.1. The van der Waals surface area contributed by atoms with Gasteiger partial charge in [-0.3, -0.25) is 19.7 Å². The molecule has 0 saturated carbocycles. The molecule has 2 heterocycles. The fourth-order valence-corrected chi connectivity index (χ4v) is 2.87. The lowest BCUT2D eigenvalue weighted by Gasteiger charge is -2.20. The second-order valence-electron chi connectivity index (χ2n) is 5.25. The molecule has 0 aliphatic carbocycles. The summed E-state index contributed by atoms with van der Waals surface area (Å²) in [6.07, 6.45) is 1.88.